The molecule has 0 amide bonds. The second kappa shape index (κ2) is 6.12. The van der Waals surface area contributed by atoms with E-state index >= 15 is 0 Å². The molecule has 2 rings (SSSR count). The third-order valence-corrected chi connectivity index (χ3v) is 6.20. The van der Waals surface area contributed by atoms with Crippen LogP contribution in [0.3, 0.4) is 0 Å². The number of halogens is 2. The summed E-state index contributed by atoms with van der Waals surface area (Å²) < 4.78 is 23.4. The van der Waals surface area contributed by atoms with Crippen LogP contribution in [0.4, 0.5) is 5.69 Å². The molecule has 112 valence electrons. The first-order valence-corrected chi connectivity index (χ1v) is 9.39. The van der Waals surface area contributed by atoms with E-state index in [1.54, 1.807) is 0 Å². The third-order valence-electron chi connectivity index (χ3n) is 3.84. The molecule has 0 spiro atoms. The first kappa shape index (κ1) is 15.9. The summed E-state index contributed by atoms with van der Waals surface area (Å²) in [7, 11) is -2.98. The van der Waals surface area contributed by atoms with Crippen molar-refractivity contribution in [1.29, 1.82) is 0 Å². The Labute approximate surface area is 130 Å². The van der Waals surface area contributed by atoms with Gasteiger partial charge in [-0.3, -0.25) is 0 Å². The predicted octanol–water partition coefficient (Wildman–Crippen LogP) is 4.07. The molecule has 1 aliphatic carbocycles. The molecule has 20 heavy (non-hydrogen) atoms. The van der Waals surface area contributed by atoms with E-state index in [1.807, 2.05) is 19.1 Å². The highest BCUT2D eigenvalue weighted by Gasteiger charge is 2.29. The number of sulfone groups is 1. The number of hydrogen-bond acceptors (Lipinski definition) is 3. The summed E-state index contributed by atoms with van der Waals surface area (Å²) in [6.07, 6.45) is 4.55. The van der Waals surface area contributed by atoms with Crippen LogP contribution < -0.4 is 5.32 Å². The van der Waals surface area contributed by atoms with Gasteiger partial charge in [0.15, 0.2) is 0 Å². The molecule has 0 aliphatic heterocycles. The van der Waals surface area contributed by atoms with Gasteiger partial charge in [-0.2, -0.15) is 0 Å². The minimum absolute atomic E-state index is 0.125. The number of rotatable bonds is 3. The van der Waals surface area contributed by atoms with Crippen LogP contribution in [0.15, 0.2) is 12.1 Å². The first-order chi connectivity index (χ1) is 9.27. The van der Waals surface area contributed by atoms with Gasteiger partial charge in [-0.1, -0.05) is 29.6 Å². The zero-order valence-corrected chi connectivity index (χ0v) is 13.9. The van der Waals surface area contributed by atoms with Crippen molar-refractivity contribution in [2.75, 3.05) is 11.6 Å². The Bertz CT molecular complexity index is 601. The maximum atomic E-state index is 11.7. The molecule has 0 heterocycles. The van der Waals surface area contributed by atoms with Gasteiger partial charge in [0.25, 0.3) is 0 Å². The number of benzene rings is 1. The molecule has 1 aliphatic rings. The van der Waals surface area contributed by atoms with E-state index in [0.29, 0.717) is 16.5 Å². The van der Waals surface area contributed by atoms with Gasteiger partial charge in [0.1, 0.15) is 9.84 Å². The van der Waals surface area contributed by atoms with E-state index in [4.69, 9.17) is 23.2 Å². The molecular weight excluding hydrogens is 317 g/mol. The standard InChI is InChI=1S/C14H19Cl2NO2S/c1-9-6-13(16)14(8-12(9)15)17-10-4-3-5-11(7-10)20(2,18)19/h6,8,10-11,17H,3-5,7H2,1-2H3. The van der Waals surface area contributed by atoms with Crippen LogP contribution in [0.2, 0.25) is 10.0 Å². The summed E-state index contributed by atoms with van der Waals surface area (Å²) in [6.45, 7) is 1.90. The van der Waals surface area contributed by atoms with Gasteiger partial charge in [-0.05, 0) is 43.9 Å². The number of anilines is 1. The second-order valence-corrected chi connectivity index (χ2v) is 8.68. The molecule has 0 radical (unpaired) electrons. The lowest BCUT2D eigenvalue weighted by molar-refractivity contribution is 0.453. The largest absolute Gasteiger partial charge is 0.381 e. The summed E-state index contributed by atoms with van der Waals surface area (Å²) in [5.74, 6) is 0. The first-order valence-electron chi connectivity index (χ1n) is 6.68. The van der Waals surface area contributed by atoms with Crippen molar-refractivity contribution in [2.45, 2.75) is 43.9 Å². The van der Waals surface area contributed by atoms with E-state index in [0.717, 1.165) is 30.5 Å². The van der Waals surface area contributed by atoms with Crippen molar-refractivity contribution < 1.29 is 8.42 Å². The Morgan fingerprint density at radius 3 is 2.55 bits per heavy atom. The molecule has 6 heteroatoms. The minimum Gasteiger partial charge on any atom is -0.381 e. The molecule has 2 atom stereocenters. The lowest BCUT2D eigenvalue weighted by Gasteiger charge is -2.29. The fourth-order valence-electron chi connectivity index (χ4n) is 2.64. The van der Waals surface area contributed by atoms with Crippen LogP contribution in [0.5, 0.6) is 0 Å². The van der Waals surface area contributed by atoms with Crippen molar-refractivity contribution in [1.82, 2.24) is 0 Å². The topological polar surface area (TPSA) is 46.2 Å². The Morgan fingerprint density at radius 2 is 1.90 bits per heavy atom. The van der Waals surface area contributed by atoms with Crippen molar-refractivity contribution in [3.05, 3.63) is 27.7 Å². The molecule has 3 nitrogen and oxygen atoms in total. The number of nitrogens with one attached hydrogen (secondary N) is 1. The van der Waals surface area contributed by atoms with Crippen LogP contribution in [-0.2, 0) is 9.84 Å². The molecule has 0 aromatic heterocycles. The van der Waals surface area contributed by atoms with Crippen molar-refractivity contribution in [3.8, 4) is 0 Å². The number of aryl methyl sites for hydroxylation is 1. The quantitative estimate of drug-likeness (QED) is 0.905. The molecule has 1 N–H and O–H groups in total. The van der Waals surface area contributed by atoms with E-state index in [-0.39, 0.29) is 11.3 Å². The summed E-state index contributed by atoms with van der Waals surface area (Å²) >= 11 is 12.3. The number of hydrogen-bond donors (Lipinski definition) is 1. The average Bonchev–Trinajstić information content (AvgIpc) is 2.35. The smallest absolute Gasteiger partial charge is 0.150 e. The van der Waals surface area contributed by atoms with E-state index in [2.05, 4.69) is 5.32 Å². The zero-order valence-electron chi connectivity index (χ0n) is 11.6. The van der Waals surface area contributed by atoms with Gasteiger partial charge < -0.3 is 5.32 Å². The summed E-state index contributed by atoms with van der Waals surface area (Å²) in [5.41, 5.74) is 1.71. The van der Waals surface area contributed by atoms with E-state index in [9.17, 15) is 8.42 Å². The molecule has 0 saturated heterocycles. The van der Waals surface area contributed by atoms with Crippen LogP contribution in [0.1, 0.15) is 31.2 Å². The lowest BCUT2D eigenvalue weighted by atomic mass is 9.94. The van der Waals surface area contributed by atoms with E-state index in [1.165, 1.54) is 6.26 Å². The molecule has 0 bridgehead atoms. The second-order valence-electron chi connectivity index (χ2n) is 5.54. The summed E-state index contributed by atoms with van der Waals surface area (Å²) in [4.78, 5) is 0. The van der Waals surface area contributed by atoms with Gasteiger partial charge in [0.05, 0.1) is 16.0 Å². The normalized spacial score (nSPS) is 23.6. The Balaban J connectivity index is 2.12. The molecule has 1 aromatic rings. The highest BCUT2D eigenvalue weighted by Crippen LogP contribution is 2.32. The third kappa shape index (κ3) is 3.80. The van der Waals surface area contributed by atoms with Gasteiger partial charge in [-0.15, -0.1) is 0 Å². The van der Waals surface area contributed by atoms with E-state index < -0.39 is 9.84 Å². The maximum Gasteiger partial charge on any atom is 0.150 e. The van der Waals surface area contributed by atoms with Gasteiger partial charge in [0.2, 0.25) is 0 Å². The molecular formula is C14H19Cl2NO2S. The Morgan fingerprint density at radius 1 is 1.20 bits per heavy atom. The zero-order chi connectivity index (χ0) is 14.9. The van der Waals surface area contributed by atoms with Crippen LogP contribution in [0, 0.1) is 6.92 Å². The molecule has 1 aromatic carbocycles. The summed E-state index contributed by atoms with van der Waals surface area (Å²) in [6, 6.07) is 3.76. The van der Waals surface area contributed by atoms with Gasteiger partial charge in [-0.25, -0.2) is 8.42 Å². The van der Waals surface area contributed by atoms with Crippen LogP contribution >= 0.6 is 23.2 Å². The van der Waals surface area contributed by atoms with Crippen molar-refractivity contribution in [3.63, 3.8) is 0 Å². The van der Waals surface area contributed by atoms with Crippen molar-refractivity contribution >= 4 is 38.7 Å². The highest BCUT2D eigenvalue weighted by atomic mass is 35.5. The Kier molecular flexibility index (Phi) is 4.88. The molecule has 1 saturated carbocycles. The lowest BCUT2D eigenvalue weighted by Crippen LogP contribution is -2.34. The fraction of sp³-hybridized carbons (Fsp3) is 0.571. The average molecular weight is 336 g/mol. The molecule has 2 unspecified atom stereocenters. The fourth-order valence-corrected chi connectivity index (χ4v) is 4.25. The van der Waals surface area contributed by atoms with Crippen molar-refractivity contribution in [2.24, 2.45) is 0 Å². The SMILES string of the molecule is Cc1cc(Cl)c(NC2CCCC(S(C)(=O)=O)C2)cc1Cl. The van der Waals surface area contributed by atoms with Gasteiger partial charge in [0, 0.05) is 17.3 Å². The summed E-state index contributed by atoms with van der Waals surface area (Å²) in [5, 5.41) is 4.36. The van der Waals surface area contributed by atoms with Crippen LogP contribution in [0.25, 0.3) is 0 Å². The molecule has 1 fully saturated rings. The highest BCUT2D eigenvalue weighted by molar-refractivity contribution is 7.91. The van der Waals surface area contributed by atoms with Gasteiger partial charge >= 0.3 is 0 Å². The monoisotopic (exact) mass is 335 g/mol. The Hall–Kier alpha value is -0.450. The predicted molar refractivity (Wildman–Crippen MR) is 85.7 cm³/mol. The van der Waals surface area contributed by atoms with Crippen LogP contribution in [-0.4, -0.2) is 26.0 Å². The maximum absolute atomic E-state index is 11.7. The minimum atomic E-state index is -2.98.